The van der Waals surface area contributed by atoms with E-state index in [1.54, 1.807) is 24.3 Å². The van der Waals surface area contributed by atoms with Gasteiger partial charge in [-0.25, -0.2) is 12.7 Å². The second-order valence-corrected chi connectivity index (χ2v) is 14.7. The van der Waals surface area contributed by atoms with Crippen molar-refractivity contribution in [3.05, 3.63) is 170 Å². The number of nitro benzene ring substituents is 1. The van der Waals surface area contributed by atoms with Crippen LogP contribution in [0.3, 0.4) is 0 Å². The largest absolute Gasteiger partial charge is 0.506 e. The predicted octanol–water partition coefficient (Wildman–Crippen LogP) is 8.52. The smallest absolute Gasteiger partial charge is 0.271 e. The molecule has 1 aliphatic rings. The number of aliphatic imine (C=N–C) groups is 1. The molecule has 0 aliphatic carbocycles. The number of nitrogens with zero attached hydrogens (tertiary/aromatic N) is 4. The lowest BCUT2D eigenvalue weighted by Gasteiger charge is -2.34. The highest BCUT2D eigenvalue weighted by molar-refractivity contribution is 9.10. The zero-order chi connectivity index (χ0) is 34.7. The number of amidine groups is 1. The molecule has 49 heavy (non-hydrogen) atoms. The summed E-state index contributed by atoms with van der Waals surface area (Å²) in [5.41, 5.74) is 3.66. The van der Waals surface area contributed by atoms with Crippen molar-refractivity contribution in [2.24, 2.45) is 4.99 Å². The van der Waals surface area contributed by atoms with Gasteiger partial charge in [-0.05, 0) is 58.6 Å². The number of sulfonamides is 1. The molecule has 0 saturated heterocycles. The zero-order valence-electron chi connectivity index (χ0n) is 26.9. The molecule has 1 aliphatic heterocycles. The number of aromatic hydroxyl groups is 1. The molecule has 9 nitrogen and oxygen atoms in total. The van der Waals surface area contributed by atoms with Crippen LogP contribution in [0, 0.1) is 17.0 Å². The second-order valence-electron chi connectivity index (χ2n) is 12.1. The summed E-state index contributed by atoms with van der Waals surface area (Å²) >= 11 is 3.28. The van der Waals surface area contributed by atoms with Gasteiger partial charge in [0.2, 0.25) is 0 Å². The van der Waals surface area contributed by atoms with Crippen molar-refractivity contribution in [1.82, 2.24) is 9.21 Å². The van der Waals surface area contributed by atoms with Crippen LogP contribution < -0.4 is 0 Å². The third-order valence-electron chi connectivity index (χ3n) is 8.84. The van der Waals surface area contributed by atoms with Gasteiger partial charge < -0.3 is 5.11 Å². The summed E-state index contributed by atoms with van der Waals surface area (Å²) in [6.07, 6.45) is 0. The molecule has 6 rings (SSSR count). The van der Waals surface area contributed by atoms with E-state index in [-0.39, 0.29) is 39.9 Å². The van der Waals surface area contributed by atoms with E-state index >= 15 is 0 Å². The second kappa shape index (κ2) is 14.3. The van der Waals surface area contributed by atoms with Crippen LogP contribution in [0.4, 0.5) is 5.69 Å². The van der Waals surface area contributed by atoms with E-state index in [1.807, 2.05) is 110 Å². The topological polar surface area (TPSA) is 116 Å². The molecule has 1 N–H and O–H groups in total. The SMILES string of the molecule is Cc1ccc(S(=O)(=O)N2C(CN(Cc3cc([N+](=O)[O-])cc(Br)c3O)[C@@H](C)c3ccccc3)=N[C@@H](c3ccccc3)[C@@H]2c2ccccc2)cc1. The van der Waals surface area contributed by atoms with Gasteiger partial charge in [-0.2, -0.15) is 0 Å². The quantitative estimate of drug-likeness (QED) is 0.107. The number of hydrogen-bond acceptors (Lipinski definition) is 7. The Labute approximate surface area is 294 Å². The van der Waals surface area contributed by atoms with Gasteiger partial charge in [0, 0.05) is 30.3 Å². The first-order valence-corrected chi connectivity index (χ1v) is 18.0. The summed E-state index contributed by atoms with van der Waals surface area (Å²) in [7, 11) is -4.15. The van der Waals surface area contributed by atoms with Crippen molar-refractivity contribution in [1.29, 1.82) is 0 Å². The highest BCUT2D eigenvalue weighted by atomic mass is 79.9. The molecule has 11 heteroatoms. The van der Waals surface area contributed by atoms with Crippen molar-refractivity contribution >= 4 is 37.5 Å². The van der Waals surface area contributed by atoms with E-state index in [9.17, 15) is 23.6 Å². The molecule has 0 radical (unpaired) electrons. The third-order valence-corrected chi connectivity index (χ3v) is 11.3. The fraction of sp³-hybridized carbons (Fsp3) is 0.184. The fourth-order valence-electron chi connectivity index (χ4n) is 6.21. The predicted molar refractivity (Wildman–Crippen MR) is 194 cm³/mol. The first-order chi connectivity index (χ1) is 23.5. The number of phenols is 1. The van der Waals surface area contributed by atoms with Crippen LogP contribution in [-0.2, 0) is 16.6 Å². The summed E-state index contributed by atoms with van der Waals surface area (Å²) in [4.78, 5) is 18.6. The third kappa shape index (κ3) is 7.15. The van der Waals surface area contributed by atoms with Gasteiger partial charge >= 0.3 is 0 Å². The Morgan fingerprint density at radius 1 is 0.878 bits per heavy atom. The Bertz CT molecular complexity index is 2080. The Balaban J connectivity index is 1.52. The monoisotopic (exact) mass is 738 g/mol. The minimum absolute atomic E-state index is 0.0492. The van der Waals surface area contributed by atoms with Gasteiger partial charge in [0.15, 0.2) is 0 Å². The number of non-ortho nitro benzene ring substituents is 1. The fourth-order valence-corrected chi connectivity index (χ4v) is 8.33. The highest BCUT2D eigenvalue weighted by Gasteiger charge is 2.45. The molecule has 0 aromatic heterocycles. The Morgan fingerprint density at radius 3 is 2.04 bits per heavy atom. The summed E-state index contributed by atoms with van der Waals surface area (Å²) in [6.45, 7) is 4.00. The maximum absolute atomic E-state index is 14.8. The molecule has 0 amide bonds. The van der Waals surface area contributed by atoms with Crippen molar-refractivity contribution in [3.63, 3.8) is 0 Å². The molecular formula is C38H35BrN4O5S. The summed E-state index contributed by atoms with van der Waals surface area (Å²) in [5.74, 6) is 0.188. The first-order valence-electron chi connectivity index (χ1n) is 15.8. The van der Waals surface area contributed by atoms with Crippen LogP contribution in [0.1, 0.15) is 52.9 Å². The van der Waals surface area contributed by atoms with E-state index in [0.717, 1.165) is 22.3 Å². The van der Waals surface area contributed by atoms with E-state index in [1.165, 1.54) is 16.4 Å². The van der Waals surface area contributed by atoms with E-state index in [0.29, 0.717) is 11.4 Å². The Hall–Kier alpha value is -4.84. The van der Waals surface area contributed by atoms with Crippen LogP contribution in [-0.4, -0.2) is 40.0 Å². The van der Waals surface area contributed by atoms with Gasteiger partial charge in [-0.3, -0.25) is 20.0 Å². The highest BCUT2D eigenvalue weighted by Crippen LogP contribution is 2.45. The standard InChI is InChI=1S/C38H35BrN4O5S/c1-26-18-20-33(21-19-26)49(47,48)42-35(40-36(29-14-8-4-9-15-29)37(42)30-16-10-5-11-17-30)25-41(27(2)28-12-6-3-7-13-28)24-31-22-32(43(45)46)23-34(39)38(31)44/h3-23,27,36-37,44H,24-25H2,1-2H3/t27-,36-,37-/m0/s1. The van der Waals surface area contributed by atoms with Gasteiger partial charge in [-0.15, -0.1) is 0 Å². The molecule has 5 aromatic carbocycles. The minimum atomic E-state index is -4.15. The summed E-state index contributed by atoms with van der Waals surface area (Å²) < 4.78 is 31.3. The number of rotatable bonds is 11. The van der Waals surface area contributed by atoms with Crippen molar-refractivity contribution in [3.8, 4) is 5.75 Å². The van der Waals surface area contributed by atoms with Crippen LogP contribution in [0.5, 0.6) is 5.75 Å². The van der Waals surface area contributed by atoms with Crippen LogP contribution in [0.2, 0.25) is 0 Å². The number of benzene rings is 5. The van der Waals surface area contributed by atoms with Crippen LogP contribution >= 0.6 is 15.9 Å². The van der Waals surface area contributed by atoms with Gasteiger partial charge in [0.1, 0.15) is 17.6 Å². The van der Waals surface area contributed by atoms with Gasteiger partial charge in [0.25, 0.3) is 15.7 Å². The average Bonchev–Trinajstić information content (AvgIpc) is 3.50. The van der Waals surface area contributed by atoms with E-state index < -0.39 is 27.0 Å². The van der Waals surface area contributed by atoms with Crippen LogP contribution in [0.25, 0.3) is 0 Å². The summed E-state index contributed by atoms with van der Waals surface area (Å²) in [5, 5.41) is 22.9. The maximum atomic E-state index is 14.8. The number of hydrogen-bond donors (Lipinski definition) is 1. The molecule has 3 atom stereocenters. The minimum Gasteiger partial charge on any atom is -0.506 e. The molecule has 250 valence electrons. The lowest BCUT2D eigenvalue weighted by molar-refractivity contribution is -0.385. The Kier molecular flexibility index (Phi) is 9.96. The molecule has 0 bridgehead atoms. The maximum Gasteiger partial charge on any atom is 0.271 e. The number of aryl methyl sites for hydroxylation is 1. The average molecular weight is 740 g/mol. The summed E-state index contributed by atoms with van der Waals surface area (Å²) in [6, 6.07) is 36.7. The number of nitro groups is 1. The van der Waals surface area contributed by atoms with E-state index in [4.69, 9.17) is 4.99 Å². The normalized spacial score (nSPS) is 16.8. The van der Waals surface area contributed by atoms with Crippen molar-refractivity contribution < 1.29 is 18.4 Å². The molecule has 0 spiro atoms. The Morgan fingerprint density at radius 2 is 1.45 bits per heavy atom. The van der Waals surface area contributed by atoms with Crippen molar-refractivity contribution in [2.45, 2.75) is 43.4 Å². The molecule has 0 saturated carbocycles. The molecule has 5 aromatic rings. The van der Waals surface area contributed by atoms with E-state index in [2.05, 4.69) is 15.9 Å². The lowest BCUT2D eigenvalue weighted by Crippen LogP contribution is -2.43. The van der Waals surface area contributed by atoms with Gasteiger partial charge in [-0.1, -0.05) is 109 Å². The molecular weight excluding hydrogens is 704 g/mol. The lowest BCUT2D eigenvalue weighted by atomic mass is 9.95. The van der Waals surface area contributed by atoms with Crippen LogP contribution in [0.15, 0.2) is 142 Å². The number of halogens is 1. The first kappa shape index (κ1) is 34.0. The molecule has 0 fully saturated rings. The van der Waals surface area contributed by atoms with Gasteiger partial charge in [0.05, 0.1) is 26.9 Å². The molecule has 0 unspecified atom stereocenters. The zero-order valence-corrected chi connectivity index (χ0v) is 29.3. The molecule has 1 heterocycles. The van der Waals surface area contributed by atoms with Crippen molar-refractivity contribution in [2.75, 3.05) is 6.54 Å². The number of phenolic OH excluding ortho intramolecular Hbond substituents is 1.